The van der Waals surface area contributed by atoms with Gasteiger partial charge in [0.1, 0.15) is 22.8 Å². The van der Waals surface area contributed by atoms with Crippen molar-refractivity contribution in [2.45, 2.75) is 25.8 Å². The molecule has 5 rings (SSSR count). The zero-order chi connectivity index (χ0) is 22.8. The van der Waals surface area contributed by atoms with E-state index in [0.717, 1.165) is 42.7 Å². The lowest BCUT2D eigenvalue weighted by molar-refractivity contribution is 0.264. The van der Waals surface area contributed by atoms with Crippen LogP contribution in [0.15, 0.2) is 57.5 Å². The average Bonchev–Trinajstić information content (AvgIpc) is 3.47. The Morgan fingerprint density at radius 2 is 1.79 bits per heavy atom. The Balaban J connectivity index is 1.42. The van der Waals surface area contributed by atoms with Crippen LogP contribution in [0.25, 0.3) is 34.2 Å². The number of piperidine rings is 1. The molecule has 0 amide bonds. The summed E-state index contributed by atoms with van der Waals surface area (Å²) in [4.78, 5) is 2.36. The SMILES string of the molecule is COc1cc(NC2CCN(C)CC2)ccc1-c1nnc(-c2c(-c3ccccc3)noc2C)o1. The summed E-state index contributed by atoms with van der Waals surface area (Å²) in [5, 5.41) is 16.4. The van der Waals surface area contributed by atoms with Gasteiger partial charge in [0.25, 0.3) is 11.8 Å². The lowest BCUT2D eigenvalue weighted by Crippen LogP contribution is -2.36. The van der Waals surface area contributed by atoms with E-state index in [1.165, 1.54) is 0 Å². The summed E-state index contributed by atoms with van der Waals surface area (Å²) in [6.07, 6.45) is 2.24. The van der Waals surface area contributed by atoms with Crippen molar-refractivity contribution in [3.8, 4) is 39.9 Å². The standard InChI is InChI=1S/C25H27N5O3/c1-16-22(23(29-33-16)17-7-5-4-6-8-17)25-28-27-24(32-25)20-10-9-19(15-21(20)31-3)26-18-11-13-30(2)14-12-18/h4-10,15,18,26H,11-14H2,1-3H3. The van der Waals surface area contributed by atoms with Crippen LogP contribution in [-0.4, -0.2) is 53.5 Å². The topological polar surface area (TPSA) is 89.5 Å². The van der Waals surface area contributed by atoms with E-state index < -0.39 is 0 Å². The summed E-state index contributed by atoms with van der Waals surface area (Å²) >= 11 is 0. The third-order valence-electron chi connectivity index (χ3n) is 6.07. The first-order valence-corrected chi connectivity index (χ1v) is 11.1. The molecule has 2 aromatic heterocycles. The molecule has 1 aliphatic heterocycles. The average molecular weight is 446 g/mol. The van der Waals surface area contributed by atoms with Crippen molar-refractivity contribution in [3.05, 3.63) is 54.3 Å². The molecule has 0 bridgehead atoms. The molecule has 0 radical (unpaired) electrons. The Morgan fingerprint density at radius 3 is 2.55 bits per heavy atom. The number of anilines is 1. The molecule has 8 heteroatoms. The number of likely N-dealkylation sites (tertiary alicyclic amines) is 1. The fraction of sp³-hybridized carbons (Fsp3) is 0.320. The first kappa shape index (κ1) is 21.2. The summed E-state index contributed by atoms with van der Waals surface area (Å²) < 4.78 is 17.2. The number of nitrogens with zero attached hydrogens (tertiary/aromatic N) is 4. The van der Waals surface area contributed by atoms with Gasteiger partial charge in [0.15, 0.2) is 0 Å². The van der Waals surface area contributed by atoms with Gasteiger partial charge in [0.05, 0.1) is 12.7 Å². The third-order valence-corrected chi connectivity index (χ3v) is 6.07. The minimum Gasteiger partial charge on any atom is -0.496 e. The maximum absolute atomic E-state index is 6.07. The van der Waals surface area contributed by atoms with E-state index in [1.54, 1.807) is 7.11 Å². The van der Waals surface area contributed by atoms with Crippen molar-refractivity contribution in [3.63, 3.8) is 0 Å². The van der Waals surface area contributed by atoms with Gasteiger partial charge < -0.3 is 23.9 Å². The van der Waals surface area contributed by atoms with E-state index >= 15 is 0 Å². The van der Waals surface area contributed by atoms with Crippen LogP contribution in [0.2, 0.25) is 0 Å². The highest BCUT2D eigenvalue weighted by Gasteiger charge is 2.23. The van der Waals surface area contributed by atoms with Gasteiger partial charge in [-0.2, -0.15) is 0 Å². The second kappa shape index (κ2) is 9.07. The van der Waals surface area contributed by atoms with Gasteiger partial charge in [0.2, 0.25) is 0 Å². The van der Waals surface area contributed by atoms with Crippen LogP contribution in [0.5, 0.6) is 5.75 Å². The van der Waals surface area contributed by atoms with Crippen LogP contribution in [0.1, 0.15) is 18.6 Å². The van der Waals surface area contributed by atoms with Gasteiger partial charge in [-0.15, -0.1) is 10.2 Å². The summed E-state index contributed by atoms with van der Waals surface area (Å²) in [6, 6.07) is 16.2. The maximum atomic E-state index is 6.07. The predicted octanol–water partition coefficient (Wildman–Crippen LogP) is 4.88. The predicted molar refractivity (Wildman–Crippen MR) is 126 cm³/mol. The number of methoxy groups -OCH3 is 1. The number of ether oxygens (including phenoxy) is 1. The normalized spacial score (nSPS) is 15.0. The van der Waals surface area contributed by atoms with Crippen molar-refractivity contribution in [2.75, 3.05) is 32.6 Å². The van der Waals surface area contributed by atoms with Gasteiger partial charge in [-0.3, -0.25) is 0 Å². The van der Waals surface area contributed by atoms with Crippen LogP contribution in [0.4, 0.5) is 5.69 Å². The number of hydrogen-bond donors (Lipinski definition) is 1. The number of nitrogens with one attached hydrogen (secondary N) is 1. The van der Waals surface area contributed by atoms with Gasteiger partial charge in [-0.05, 0) is 52.0 Å². The molecule has 0 saturated carbocycles. The minimum absolute atomic E-state index is 0.359. The van der Waals surface area contributed by atoms with Crippen molar-refractivity contribution in [2.24, 2.45) is 0 Å². The van der Waals surface area contributed by atoms with Gasteiger partial charge in [-0.25, -0.2) is 0 Å². The zero-order valence-corrected chi connectivity index (χ0v) is 19.0. The molecule has 1 N–H and O–H groups in total. The molecular weight excluding hydrogens is 418 g/mol. The quantitative estimate of drug-likeness (QED) is 0.449. The summed E-state index contributed by atoms with van der Waals surface area (Å²) in [6.45, 7) is 4.04. The lowest BCUT2D eigenvalue weighted by Gasteiger charge is -2.30. The maximum Gasteiger partial charge on any atom is 0.254 e. The molecule has 0 spiro atoms. The number of rotatable bonds is 6. The number of aryl methyl sites for hydroxylation is 1. The molecule has 170 valence electrons. The van der Waals surface area contributed by atoms with Gasteiger partial charge >= 0.3 is 0 Å². The third kappa shape index (κ3) is 4.34. The van der Waals surface area contributed by atoms with E-state index in [4.69, 9.17) is 13.7 Å². The molecule has 0 aliphatic carbocycles. The van der Waals surface area contributed by atoms with E-state index in [0.29, 0.717) is 40.6 Å². The van der Waals surface area contributed by atoms with Crippen molar-refractivity contribution in [1.82, 2.24) is 20.3 Å². The highest BCUT2D eigenvalue weighted by Crippen LogP contribution is 2.37. The molecular formula is C25H27N5O3. The van der Waals surface area contributed by atoms with Crippen LogP contribution in [0, 0.1) is 6.92 Å². The highest BCUT2D eigenvalue weighted by atomic mass is 16.5. The minimum atomic E-state index is 0.359. The second-order valence-electron chi connectivity index (χ2n) is 8.38. The fourth-order valence-electron chi connectivity index (χ4n) is 4.20. The van der Waals surface area contributed by atoms with Crippen LogP contribution >= 0.6 is 0 Å². The molecule has 8 nitrogen and oxygen atoms in total. The number of benzene rings is 2. The Labute approximate surface area is 192 Å². The van der Waals surface area contributed by atoms with E-state index in [-0.39, 0.29) is 0 Å². The Bertz CT molecular complexity index is 1230. The van der Waals surface area contributed by atoms with Crippen molar-refractivity contribution < 1.29 is 13.7 Å². The van der Waals surface area contributed by atoms with Crippen molar-refractivity contribution in [1.29, 1.82) is 0 Å². The van der Waals surface area contributed by atoms with Crippen LogP contribution < -0.4 is 10.1 Å². The Kier molecular flexibility index (Phi) is 5.83. The number of aromatic nitrogens is 3. The molecule has 3 heterocycles. The number of hydrogen-bond acceptors (Lipinski definition) is 8. The molecule has 2 aromatic carbocycles. The first-order valence-electron chi connectivity index (χ1n) is 11.1. The Hall–Kier alpha value is -3.65. The summed E-state index contributed by atoms with van der Waals surface area (Å²) in [5.74, 6) is 2.03. The molecule has 1 aliphatic rings. The zero-order valence-electron chi connectivity index (χ0n) is 19.0. The second-order valence-corrected chi connectivity index (χ2v) is 8.38. The molecule has 1 fully saturated rings. The monoisotopic (exact) mass is 445 g/mol. The van der Waals surface area contributed by atoms with E-state index in [9.17, 15) is 0 Å². The Morgan fingerprint density at radius 1 is 1.03 bits per heavy atom. The summed E-state index contributed by atoms with van der Waals surface area (Å²) in [5.41, 5.74) is 4.05. The molecule has 4 aromatic rings. The largest absolute Gasteiger partial charge is 0.496 e. The van der Waals surface area contributed by atoms with Gasteiger partial charge in [0, 0.05) is 23.4 Å². The van der Waals surface area contributed by atoms with Crippen LogP contribution in [-0.2, 0) is 0 Å². The lowest BCUT2D eigenvalue weighted by atomic mass is 10.0. The van der Waals surface area contributed by atoms with E-state index in [1.807, 2.05) is 55.5 Å². The molecule has 0 atom stereocenters. The van der Waals surface area contributed by atoms with E-state index in [2.05, 4.69) is 32.6 Å². The smallest absolute Gasteiger partial charge is 0.254 e. The van der Waals surface area contributed by atoms with Crippen molar-refractivity contribution >= 4 is 5.69 Å². The molecule has 33 heavy (non-hydrogen) atoms. The van der Waals surface area contributed by atoms with Crippen LogP contribution in [0.3, 0.4) is 0 Å². The molecule has 0 unspecified atom stereocenters. The summed E-state index contributed by atoms with van der Waals surface area (Å²) in [7, 11) is 3.81. The molecule has 1 saturated heterocycles. The first-order chi connectivity index (χ1) is 16.1. The fourth-order valence-corrected chi connectivity index (χ4v) is 4.20. The highest BCUT2D eigenvalue weighted by molar-refractivity contribution is 5.78. The van der Waals surface area contributed by atoms with Gasteiger partial charge in [-0.1, -0.05) is 35.5 Å².